The van der Waals surface area contributed by atoms with Gasteiger partial charge in [0.15, 0.2) is 0 Å². The lowest BCUT2D eigenvalue weighted by atomic mass is 10.2. The van der Waals surface area contributed by atoms with E-state index in [1.165, 1.54) is 0 Å². The third-order valence-corrected chi connectivity index (χ3v) is 5.24. The van der Waals surface area contributed by atoms with Gasteiger partial charge in [0.1, 0.15) is 0 Å². The van der Waals surface area contributed by atoms with Crippen molar-refractivity contribution in [3.05, 3.63) is 77.6 Å². The highest BCUT2D eigenvalue weighted by molar-refractivity contribution is 7.92. The Morgan fingerprint density at radius 2 is 1.92 bits per heavy atom. The smallest absolute Gasteiger partial charge is 0.262 e. The van der Waals surface area contributed by atoms with Gasteiger partial charge in [-0.15, -0.1) is 0 Å². The summed E-state index contributed by atoms with van der Waals surface area (Å²) in [4.78, 5) is 0.297. The molecule has 1 N–H and O–H groups in total. The van der Waals surface area contributed by atoms with Crippen LogP contribution in [0.2, 0.25) is 0 Å². The predicted molar refractivity (Wildman–Crippen MR) is 94.5 cm³/mol. The number of rotatable bonds is 5. The summed E-state index contributed by atoms with van der Waals surface area (Å²) >= 11 is 0. The lowest BCUT2D eigenvalue weighted by Gasteiger charge is -2.12. The number of nitrogens with zero attached hydrogens (tertiary/aromatic N) is 2. The summed E-state index contributed by atoms with van der Waals surface area (Å²) in [6, 6.07) is 14.5. The van der Waals surface area contributed by atoms with Crippen LogP contribution in [0.15, 0.2) is 65.8 Å². The normalized spacial score (nSPS) is 11.4. The lowest BCUT2D eigenvalue weighted by molar-refractivity contribution is 0.600. The van der Waals surface area contributed by atoms with Gasteiger partial charge in [-0.3, -0.25) is 9.40 Å². The lowest BCUT2D eigenvalue weighted by Crippen LogP contribution is -2.14. The van der Waals surface area contributed by atoms with Crippen LogP contribution >= 0.6 is 0 Å². The SMILES string of the molecule is Cc1ccc(S(=O)(=O)Nc2cccc(Cn3cccn3)c2)c(C)c1. The van der Waals surface area contributed by atoms with E-state index in [9.17, 15) is 8.42 Å². The number of sulfonamides is 1. The number of aromatic nitrogens is 2. The van der Waals surface area contributed by atoms with Crippen molar-refractivity contribution >= 4 is 15.7 Å². The first-order valence-corrected chi connectivity index (χ1v) is 9.09. The van der Waals surface area contributed by atoms with Crippen molar-refractivity contribution in [2.75, 3.05) is 4.72 Å². The molecule has 0 saturated carbocycles. The summed E-state index contributed by atoms with van der Waals surface area (Å²) in [6.07, 6.45) is 3.58. The first-order chi connectivity index (χ1) is 11.4. The summed E-state index contributed by atoms with van der Waals surface area (Å²) in [5.74, 6) is 0. The average Bonchev–Trinajstić information content (AvgIpc) is 2.99. The predicted octanol–water partition coefficient (Wildman–Crippen LogP) is 3.35. The first-order valence-electron chi connectivity index (χ1n) is 7.60. The van der Waals surface area contributed by atoms with Gasteiger partial charge in [0.2, 0.25) is 0 Å². The molecule has 0 saturated heterocycles. The van der Waals surface area contributed by atoms with Crippen LogP contribution in [-0.4, -0.2) is 18.2 Å². The summed E-state index contributed by atoms with van der Waals surface area (Å²) in [5.41, 5.74) is 3.28. The van der Waals surface area contributed by atoms with Gasteiger partial charge in [0, 0.05) is 18.1 Å². The van der Waals surface area contributed by atoms with Crippen LogP contribution in [0, 0.1) is 13.8 Å². The fourth-order valence-electron chi connectivity index (χ4n) is 2.63. The largest absolute Gasteiger partial charge is 0.280 e. The van der Waals surface area contributed by atoms with Gasteiger partial charge in [-0.2, -0.15) is 5.10 Å². The van der Waals surface area contributed by atoms with Gasteiger partial charge >= 0.3 is 0 Å². The summed E-state index contributed by atoms with van der Waals surface area (Å²) < 4.78 is 29.7. The van der Waals surface area contributed by atoms with Crippen molar-refractivity contribution in [3.8, 4) is 0 Å². The fourth-order valence-corrected chi connectivity index (χ4v) is 3.90. The maximum atomic E-state index is 12.6. The van der Waals surface area contributed by atoms with Gasteiger partial charge in [-0.1, -0.05) is 29.8 Å². The van der Waals surface area contributed by atoms with Gasteiger partial charge in [0.05, 0.1) is 11.4 Å². The number of nitrogens with one attached hydrogen (secondary N) is 1. The maximum Gasteiger partial charge on any atom is 0.262 e. The van der Waals surface area contributed by atoms with Crippen LogP contribution in [0.25, 0.3) is 0 Å². The summed E-state index contributed by atoms with van der Waals surface area (Å²) in [6.45, 7) is 4.33. The van der Waals surface area contributed by atoms with Crippen molar-refractivity contribution in [3.63, 3.8) is 0 Å². The second kappa shape index (κ2) is 6.49. The molecule has 0 unspecified atom stereocenters. The van der Waals surface area contributed by atoms with E-state index in [-0.39, 0.29) is 0 Å². The minimum absolute atomic E-state index is 0.297. The monoisotopic (exact) mass is 341 g/mol. The molecule has 0 aliphatic rings. The molecule has 0 spiro atoms. The zero-order chi connectivity index (χ0) is 17.2. The molecule has 2 aromatic carbocycles. The minimum atomic E-state index is -3.61. The number of anilines is 1. The Balaban J connectivity index is 1.84. The zero-order valence-corrected chi connectivity index (χ0v) is 14.4. The molecule has 24 heavy (non-hydrogen) atoms. The highest BCUT2D eigenvalue weighted by atomic mass is 32.2. The average molecular weight is 341 g/mol. The number of aryl methyl sites for hydroxylation is 2. The van der Waals surface area contributed by atoms with Crippen LogP contribution in [0.5, 0.6) is 0 Å². The number of benzene rings is 2. The first kappa shape index (κ1) is 16.3. The Labute approximate surface area is 142 Å². The molecular formula is C18H19N3O2S. The second-order valence-electron chi connectivity index (χ2n) is 5.78. The van der Waals surface area contributed by atoms with E-state index in [4.69, 9.17) is 0 Å². The quantitative estimate of drug-likeness (QED) is 0.774. The van der Waals surface area contributed by atoms with Crippen molar-refractivity contribution in [1.82, 2.24) is 9.78 Å². The van der Waals surface area contributed by atoms with Crippen molar-refractivity contribution in [1.29, 1.82) is 0 Å². The topological polar surface area (TPSA) is 64.0 Å². The molecule has 0 radical (unpaired) electrons. The van der Waals surface area contributed by atoms with Crippen LogP contribution < -0.4 is 4.72 Å². The second-order valence-corrected chi connectivity index (χ2v) is 7.43. The van der Waals surface area contributed by atoms with Crippen molar-refractivity contribution in [2.24, 2.45) is 0 Å². The Kier molecular flexibility index (Phi) is 4.40. The molecule has 0 atom stereocenters. The standard InChI is InChI=1S/C18H19N3O2S/c1-14-7-8-18(15(2)11-14)24(22,23)20-17-6-3-5-16(12-17)13-21-10-4-9-19-21/h3-12,20H,13H2,1-2H3. The van der Waals surface area contributed by atoms with E-state index in [0.29, 0.717) is 17.1 Å². The molecule has 3 aromatic rings. The Hall–Kier alpha value is -2.60. The molecular weight excluding hydrogens is 322 g/mol. The zero-order valence-electron chi connectivity index (χ0n) is 13.6. The fraction of sp³-hybridized carbons (Fsp3) is 0.167. The maximum absolute atomic E-state index is 12.6. The van der Waals surface area contributed by atoms with Crippen LogP contribution in [0.1, 0.15) is 16.7 Å². The third-order valence-electron chi connectivity index (χ3n) is 3.70. The van der Waals surface area contributed by atoms with Gasteiger partial charge in [-0.05, 0) is 49.2 Å². The van der Waals surface area contributed by atoms with E-state index < -0.39 is 10.0 Å². The number of hydrogen-bond donors (Lipinski definition) is 1. The molecule has 0 aliphatic heterocycles. The summed E-state index contributed by atoms with van der Waals surface area (Å²) in [5, 5.41) is 4.16. The molecule has 124 valence electrons. The highest BCUT2D eigenvalue weighted by Gasteiger charge is 2.17. The van der Waals surface area contributed by atoms with E-state index in [1.54, 1.807) is 36.0 Å². The van der Waals surface area contributed by atoms with Gasteiger partial charge in [0.25, 0.3) is 10.0 Å². The molecule has 1 heterocycles. The third kappa shape index (κ3) is 3.65. The molecule has 1 aromatic heterocycles. The van der Waals surface area contributed by atoms with E-state index in [0.717, 1.165) is 16.7 Å². The minimum Gasteiger partial charge on any atom is -0.280 e. The molecule has 6 heteroatoms. The van der Waals surface area contributed by atoms with Crippen LogP contribution in [0.4, 0.5) is 5.69 Å². The highest BCUT2D eigenvalue weighted by Crippen LogP contribution is 2.21. The molecule has 0 aliphatic carbocycles. The van der Waals surface area contributed by atoms with E-state index >= 15 is 0 Å². The van der Waals surface area contributed by atoms with E-state index in [2.05, 4.69) is 9.82 Å². The Morgan fingerprint density at radius 3 is 2.62 bits per heavy atom. The summed E-state index contributed by atoms with van der Waals surface area (Å²) in [7, 11) is -3.61. The molecule has 0 amide bonds. The number of hydrogen-bond acceptors (Lipinski definition) is 3. The Bertz CT molecular complexity index is 948. The Morgan fingerprint density at radius 1 is 1.08 bits per heavy atom. The molecule has 0 fully saturated rings. The molecule has 0 bridgehead atoms. The van der Waals surface area contributed by atoms with E-state index in [1.807, 2.05) is 43.5 Å². The van der Waals surface area contributed by atoms with Crippen LogP contribution in [0.3, 0.4) is 0 Å². The molecule has 5 nitrogen and oxygen atoms in total. The van der Waals surface area contributed by atoms with Crippen molar-refractivity contribution < 1.29 is 8.42 Å². The van der Waals surface area contributed by atoms with Crippen molar-refractivity contribution in [2.45, 2.75) is 25.3 Å². The van der Waals surface area contributed by atoms with Gasteiger partial charge in [-0.25, -0.2) is 8.42 Å². The van der Waals surface area contributed by atoms with Gasteiger partial charge < -0.3 is 0 Å². The van der Waals surface area contributed by atoms with Crippen LogP contribution in [-0.2, 0) is 16.6 Å². The molecule has 3 rings (SSSR count).